The fraction of sp³-hybridized carbons (Fsp3) is 0.250. The topological polar surface area (TPSA) is 64.7 Å². The Bertz CT molecular complexity index is 880. The highest BCUT2D eigenvalue weighted by atomic mass is 35.5. The lowest BCUT2D eigenvalue weighted by molar-refractivity contribution is -0.129. The van der Waals surface area contributed by atoms with Gasteiger partial charge >= 0.3 is 0 Å². The molecule has 1 aliphatic heterocycles. The van der Waals surface area contributed by atoms with Gasteiger partial charge in [0.1, 0.15) is 0 Å². The molecule has 2 aromatic carbocycles. The van der Waals surface area contributed by atoms with Crippen LogP contribution in [0.4, 0.5) is 11.4 Å². The van der Waals surface area contributed by atoms with E-state index < -0.39 is 0 Å². The molecule has 2 aromatic rings. The van der Waals surface area contributed by atoms with Crippen molar-refractivity contribution in [3.8, 4) is 0 Å². The number of thiocarbonyl (C=S) groups is 1. The molecule has 3 rings (SSSR count). The highest BCUT2D eigenvalue weighted by Crippen LogP contribution is 2.26. The molecule has 0 spiro atoms. The number of nitrogens with one attached hydrogen (secondary N) is 2. The second-order valence-corrected chi connectivity index (χ2v) is 7.27. The number of anilines is 2. The van der Waals surface area contributed by atoms with Crippen LogP contribution >= 0.6 is 23.8 Å². The third-order valence-corrected chi connectivity index (χ3v) is 5.01. The second kappa shape index (κ2) is 9.03. The van der Waals surface area contributed by atoms with E-state index in [9.17, 15) is 9.59 Å². The zero-order valence-corrected chi connectivity index (χ0v) is 17.0. The van der Waals surface area contributed by atoms with Gasteiger partial charge in [0, 0.05) is 43.7 Å². The largest absolute Gasteiger partial charge is 0.366 e. The molecule has 0 aromatic heterocycles. The normalized spacial score (nSPS) is 13.8. The van der Waals surface area contributed by atoms with Gasteiger partial charge in [0.05, 0.1) is 11.4 Å². The van der Waals surface area contributed by atoms with E-state index in [0.29, 0.717) is 23.7 Å². The second-order valence-electron chi connectivity index (χ2n) is 6.43. The SMILES string of the molecule is CC(=O)N1CCN(c2ccccc2NC(=S)NC(=O)c2ccc(Cl)cc2)CC1. The van der Waals surface area contributed by atoms with Crippen molar-refractivity contribution < 1.29 is 9.59 Å². The van der Waals surface area contributed by atoms with E-state index >= 15 is 0 Å². The first-order valence-electron chi connectivity index (χ1n) is 8.91. The third-order valence-electron chi connectivity index (χ3n) is 4.55. The lowest BCUT2D eigenvalue weighted by Crippen LogP contribution is -2.48. The van der Waals surface area contributed by atoms with Crippen LogP contribution in [0.3, 0.4) is 0 Å². The number of amides is 2. The number of carbonyl (C=O) groups is 2. The van der Waals surface area contributed by atoms with Crippen molar-refractivity contribution >= 4 is 52.1 Å². The Kier molecular flexibility index (Phi) is 6.49. The minimum Gasteiger partial charge on any atom is -0.366 e. The van der Waals surface area contributed by atoms with E-state index in [4.69, 9.17) is 23.8 Å². The Morgan fingerprint density at radius 1 is 1.00 bits per heavy atom. The summed E-state index contributed by atoms with van der Waals surface area (Å²) in [5.41, 5.74) is 2.26. The zero-order chi connectivity index (χ0) is 20.1. The third kappa shape index (κ3) is 4.99. The molecule has 2 amide bonds. The van der Waals surface area contributed by atoms with E-state index in [1.165, 1.54) is 0 Å². The Morgan fingerprint density at radius 2 is 1.64 bits per heavy atom. The van der Waals surface area contributed by atoms with Gasteiger partial charge in [-0.3, -0.25) is 14.9 Å². The monoisotopic (exact) mass is 416 g/mol. The number of halogens is 1. The summed E-state index contributed by atoms with van der Waals surface area (Å²) in [7, 11) is 0. The predicted molar refractivity (Wildman–Crippen MR) is 116 cm³/mol. The maximum Gasteiger partial charge on any atom is 0.257 e. The van der Waals surface area contributed by atoms with Crippen LogP contribution in [0.2, 0.25) is 5.02 Å². The summed E-state index contributed by atoms with van der Waals surface area (Å²) in [6.07, 6.45) is 0. The van der Waals surface area contributed by atoms with Crippen molar-refractivity contribution in [1.29, 1.82) is 0 Å². The predicted octanol–water partition coefficient (Wildman–Crippen LogP) is 3.14. The van der Waals surface area contributed by atoms with Crippen LogP contribution < -0.4 is 15.5 Å². The molecular weight excluding hydrogens is 396 g/mol. The van der Waals surface area contributed by atoms with E-state index in [2.05, 4.69) is 15.5 Å². The smallest absolute Gasteiger partial charge is 0.257 e. The molecule has 0 unspecified atom stereocenters. The van der Waals surface area contributed by atoms with Gasteiger partial charge in [0.2, 0.25) is 5.91 Å². The molecule has 0 aliphatic carbocycles. The maximum absolute atomic E-state index is 12.3. The summed E-state index contributed by atoms with van der Waals surface area (Å²) in [6.45, 7) is 4.43. The van der Waals surface area contributed by atoms with E-state index in [1.807, 2.05) is 29.2 Å². The first-order chi connectivity index (χ1) is 13.4. The van der Waals surface area contributed by atoms with Crippen LogP contribution in [0, 0.1) is 0 Å². The number of carbonyl (C=O) groups excluding carboxylic acids is 2. The number of piperazine rings is 1. The van der Waals surface area contributed by atoms with Crippen molar-refractivity contribution in [3.05, 3.63) is 59.1 Å². The highest BCUT2D eigenvalue weighted by molar-refractivity contribution is 7.80. The van der Waals surface area contributed by atoms with Crippen molar-refractivity contribution in [3.63, 3.8) is 0 Å². The number of rotatable bonds is 3. The number of benzene rings is 2. The molecule has 6 nitrogen and oxygen atoms in total. The van der Waals surface area contributed by atoms with Crippen LogP contribution in [-0.2, 0) is 4.79 Å². The summed E-state index contributed by atoms with van der Waals surface area (Å²) in [5, 5.41) is 6.57. The van der Waals surface area contributed by atoms with Gasteiger partial charge in [-0.2, -0.15) is 0 Å². The van der Waals surface area contributed by atoms with Gasteiger partial charge in [0.25, 0.3) is 5.91 Å². The molecule has 0 radical (unpaired) electrons. The minimum atomic E-state index is -0.304. The molecule has 0 bridgehead atoms. The quantitative estimate of drug-likeness (QED) is 0.752. The summed E-state index contributed by atoms with van der Waals surface area (Å²) >= 11 is 11.2. The van der Waals surface area contributed by atoms with Crippen molar-refractivity contribution in [2.24, 2.45) is 0 Å². The van der Waals surface area contributed by atoms with Gasteiger partial charge in [-0.05, 0) is 48.6 Å². The molecular formula is C20H21ClN4O2S. The molecule has 28 heavy (non-hydrogen) atoms. The van der Waals surface area contributed by atoms with Crippen LogP contribution in [0.15, 0.2) is 48.5 Å². The molecule has 8 heteroatoms. The number of hydrogen-bond acceptors (Lipinski definition) is 4. The zero-order valence-electron chi connectivity index (χ0n) is 15.4. The minimum absolute atomic E-state index is 0.0946. The average Bonchev–Trinajstić information content (AvgIpc) is 2.69. The van der Waals surface area contributed by atoms with Crippen molar-refractivity contribution in [2.75, 3.05) is 36.4 Å². The number of hydrogen-bond donors (Lipinski definition) is 2. The first kappa shape index (κ1) is 20.1. The Hall–Kier alpha value is -2.64. The fourth-order valence-corrected chi connectivity index (χ4v) is 3.38. The number of para-hydroxylation sites is 2. The molecule has 1 aliphatic rings. The molecule has 2 N–H and O–H groups in total. The summed E-state index contributed by atoms with van der Waals surface area (Å²) < 4.78 is 0. The van der Waals surface area contributed by atoms with Crippen LogP contribution in [0.1, 0.15) is 17.3 Å². The molecule has 0 atom stereocenters. The summed E-state index contributed by atoms with van der Waals surface area (Å²) in [5.74, 6) is -0.209. The van der Waals surface area contributed by atoms with Crippen molar-refractivity contribution in [2.45, 2.75) is 6.92 Å². The summed E-state index contributed by atoms with van der Waals surface area (Å²) in [4.78, 5) is 27.9. The first-order valence-corrected chi connectivity index (χ1v) is 9.70. The highest BCUT2D eigenvalue weighted by Gasteiger charge is 2.20. The van der Waals surface area contributed by atoms with Gasteiger partial charge in [-0.15, -0.1) is 0 Å². The van der Waals surface area contributed by atoms with E-state index in [1.54, 1.807) is 31.2 Å². The molecule has 0 saturated carbocycles. The molecule has 1 fully saturated rings. The fourth-order valence-electron chi connectivity index (χ4n) is 3.05. The van der Waals surface area contributed by atoms with Gasteiger partial charge in [-0.1, -0.05) is 23.7 Å². The molecule has 146 valence electrons. The number of nitrogens with zero attached hydrogens (tertiary/aromatic N) is 2. The van der Waals surface area contributed by atoms with Gasteiger partial charge < -0.3 is 15.1 Å². The lowest BCUT2D eigenvalue weighted by Gasteiger charge is -2.36. The van der Waals surface area contributed by atoms with E-state index in [0.717, 1.165) is 24.5 Å². The van der Waals surface area contributed by atoms with Gasteiger partial charge in [0.15, 0.2) is 5.11 Å². The standard InChI is InChI=1S/C20H21ClN4O2S/c1-14(26)24-10-12-25(13-11-24)18-5-3-2-4-17(18)22-20(28)23-19(27)15-6-8-16(21)9-7-15/h2-9H,10-13H2,1H3,(H2,22,23,27,28). The summed E-state index contributed by atoms with van der Waals surface area (Å²) in [6, 6.07) is 14.4. The average molecular weight is 417 g/mol. The van der Waals surface area contributed by atoms with Crippen molar-refractivity contribution in [1.82, 2.24) is 10.2 Å². The van der Waals surface area contributed by atoms with Crippen LogP contribution in [0.5, 0.6) is 0 Å². The Labute approximate surface area is 174 Å². The van der Waals surface area contributed by atoms with Gasteiger partial charge in [-0.25, -0.2) is 0 Å². The van der Waals surface area contributed by atoms with Crippen LogP contribution in [-0.4, -0.2) is 48.0 Å². The molecule has 1 saturated heterocycles. The Morgan fingerprint density at radius 3 is 2.29 bits per heavy atom. The lowest BCUT2D eigenvalue weighted by atomic mass is 10.2. The Balaban J connectivity index is 1.64. The van der Waals surface area contributed by atoms with Crippen LogP contribution in [0.25, 0.3) is 0 Å². The van der Waals surface area contributed by atoms with E-state index in [-0.39, 0.29) is 16.9 Å². The molecule has 1 heterocycles. The maximum atomic E-state index is 12.3.